The van der Waals surface area contributed by atoms with E-state index in [4.69, 9.17) is 0 Å². The van der Waals surface area contributed by atoms with Crippen molar-refractivity contribution >= 4 is 5.91 Å². The fourth-order valence-corrected chi connectivity index (χ4v) is 1.48. The van der Waals surface area contributed by atoms with Crippen molar-refractivity contribution in [2.24, 2.45) is 0 Å². The van der Waals surface area contributed by atoms with Gasteiger partial charge in [-0.3, -0.25) is 4.79 Å². The fourth-order valence-electron chi connectivity index (χ4n) is 1.48. The minimum absolute atomic E-state index is 0.0465. The number of nitrogens with one attached hydrogen (secondary N) is 2. The van der Waals surface area contributed by atoms with Crippen molar-refractivity contribution in [3.8, 4) is 0 Å². The van der Waals surface area contributed by atoms with Gasteiger partial charge < -0.3 is 10.6 Å². The summed E-state index contributed by atoms with van der Waals surface area (Å²) in [5, 5.41) is 5.76. The molecule has 0 aromatic heterocycles. The lowest BCUT2D eigenvalue weighted by molar-refractivity contribution is -0.120. The first kappa shape index (κ1) is 13.6. The number of carbonyl (C=O) groups excluding carboxylic acids is 1. The normalized spacial score (nSPS) is 10.2. The SMILES string of the molecule is CCCNCC(=O)NCCc1ccccc1F. The van der Waals surface area contributed by atoms with Gasteiger partial charge in [0.05, 0.1) is 6.54 Å². The zero-order valence-corrected chi connectivity index (χ0v) is 10.1. The Hall–Kier alpha value is -1.42. The van der Waals surface area contributed by atoms with E-state index in [2.05, 4.69) is 10.6 Å². The van der Waals surface area contributed by atoms with Gasteiger partial charge >= 0.3 is 0 Å². The average molecular weight is 238 g/mol. The Labute approximate surface area is 101 Å². The van der Waals surface area contributed by atoms with Crippen LogP contribution in [0.15, 0.2) is 24.3 Å². The van der Waals surface area contributed by atoms with Gasteiger partial charge in [0, 0.05) is 6.54 Å². The molecule has 0 atom stereocenters. The number of hydrogen-bond acceptors (Lipinski definition) is 2. The maximum Gasteiger partial charge on any atom is 0.233 e. The number of amides is 1. The van der Waals surface area contributed by atoms with Crippen LogP contribution >= 0.6 is 0 Å². The molecule has 1 aromatic carbocycles. The van der Waals surface area contributed by atoms with Crippen LogP contribution < -0.4 is 10.6 Å². The molecule has 0 saturated heterocycles. The number of halogens is 1. The second-order valence-corrected chi connectivity index (χ2v) is 3.87. The Bertz CT molecular complexity index is 355. The van der Waals surface area contributed by atoms with Gasteiger partial charge in [0.1, 0.15) is 5.82 Å². The third-order valence-electron chi connectivity index (χ3n) is 2.39. The van der Waals surface area contributed by atoms with Crippen LogP contribution in [0, 0.1) is 5.82 Å². The topological polar surface area (TPSA) is 41.1 Å². The molecule has 0 spiro atoms. The van der Waals surface area contributed by atoms with Gasteiger partial charge in [-0.2, -0.15) is 0 Å². The molecule has 0 bridgehead atoms. The molecule has 4 heteroatoms. The smallest absolute Gasteiger partial charge is 0.233 e. The summed E-state index contributed by atoms with van der Waals surface area (Å²) in [4.78, 5) is 11.3. The van der Waals surface area contributed by atoms with Gasteiger partial charge in [-0.05, 0) is 31.0 Å². The molecule has 0 aliphatic heterocycles. The Morgan fingerprint density at radius 1 is 1.29 bits per heavy atom. The maximum atomic E-state index is 13.2. The average Bonchev–Trinajstić information content (AvgIpc) is 2.32. The first-order chi connectivity index (χ1) is 8.24. The number of carbonyl (C=O) groups is 1. The Morgan fingerprint density at radius 2 is 2.06 bits per heavy atom. The lowest BCUT2D eigenvalue weighted by Crippen LogP contribution is -2.35. The quantitative estimate of drug-likeness (QED) is 0.707. The summed E-state index contributed by atoms with van der Waals surface area (Å²) in [5.41, 5.74) is 0.634. The summed E-state index contributed by atoms with van der Waals surface area (Å²) in [6.07, 6.45) is 1.52. The van der Waals surface area contributed by atoms with Crippen LogP contribution in [0.3, 0.4) is 0 Å². The van der Waals surface area contributed by atoms with Crippen LogP contribution in [-0.4, -0.2) is 25.5 Å². The summed E-state index contributed by atoms with van der Waals surface area (Å²) in [7, 11) is 0. The lowest BCUT2D eigenvalue weighted by Gasteiger charge is -2.06. The molecular weight excluding hydrogens is 219 g/mol. The van der Waals surface area contributed by atoms with E-state index >= 15 is 0 Å². The zero-order valence-electron chi connectivity index (χ0n) is 10.1. The molecule has 2 N–H and O–H groups in total. The monoisotopic (exact) mass is 238 g/mol. The van der Waals surface area contributed by atoms with Gasteiger partial charge in [0.25, 0.3) is 0 Å². The molecule has 0 radical (unpaired) electrons. The molecule has 17 heavy (non-hydrogen) atoms. The molecule has 3 nitrogen and oxygen atoms in total. The number of rotatable bonds is 7. The second kappa shape index (κ2) is 7.79. The highest BCUT2D eigenvalue weighted by Gasteiger charge is 2.02. The number of hydrogen-bond donors (Lipinski definition) is 2. The minimum Gasteiger partial charge on any atom is -0.355 e. The predicted molar refractivity (Wildman–Crippen MR) is 66.3 cm³/mol. The van der Waals surface area contributed by atoms with Crippen molar-refractivity contribution in [3.05, 3.63) is 35.6 Å². The minimum atomic E-state index is -0.217. The van der Waals surface area contributed by atoms with Crippen LogP contribution in [0.5, 0.6) is 0 Å². The van der Waals surface area contributed by atoms with E-state index in [-0.39, 0.29) is 11.7 Å². The molecular formula is C13H19FN2O. The van der Waals surface area contributed by atoms with Gasteiger partial charge in [0.15, 0.2) is 0 Å². The van der Waals surface area contributed by atoms with Gasteiger partial charge in [-0.15, -0.1) is 0 Å². The fraction of sp³-hybridized carbons (Fsp3) is 0.462. The van der Waals surface area contributed by atoms with Crippen LogP contribution in [0.1, 0.15) is 18.9 Å². The molecule has 1 rings (SSSR count). The van der Waals surface area contributed by atoms with E-state index in [9.17, 15) is 9.18 Å². The summed E-state index contributed by atoms with van der Waals surface area (Å²) in [6, 6.07) is 6.62. The highest BCUT2D eigenvalue weighted by molar-refractivity contribution is 5.77. The van der Waals surface area contributed by atoms with Crippen molar-refractivity contribution in [1.82, 2.24) is 10.6 Å². The molecule has 1 amide bonds. The third-order valence-corrected chi connectivity index (χ3v) is 2.39. The highest BCUT2D eigenvalue weighted by Crippen LogP contribution is 2.05. The van der Waals surface area contributed by atoms with Gasteiger partial charge in [-0.1, -0.05) is 25.1 Å². The first-order valence-electron chi connectivity index (χ1n) is 5.95. The standard InChI is InChI=1S/C13H19FN2O/c1-2-8-15-10-13(17)16-9-7-11-5-3-4-6-12(11)14/h3-6,15H,2,7-10H2,1H3,(H,16,17). The van der Waals surface area contributed by atoms with Crippen LogP contribution in [0.25, 0.3) is 0 Å². The van der Waals surface area contributed by atoms with Gasteiger partial charge in [0.2, 0.25) is 5.91 Å². The third kappa shape index (κ3) is 5.45. The van der Waals surface area contributed by atoms with E-state index in [1.807, 2.05) is 6.92 Å². The summed E-state index contributed by atoms with van der Waals surface area (Å²) in [6.45, 7) is 3.67. The largest absolute Gasteiger partial charge is 0.355 e. The molecule has 0 aliphatic rings. The highest BCUT2D eigenvalue weighted by atomic mass is 19.1. The zero-order chi connectivity index (χ0) is 12.5. The van der Waals surface area contributed by atoms with Gasteiger partial charge in [-0.25, -0.2) is 4.39 Å². The Kier molecular flexibility index (Phi) is 6.25. The molecule has 0 saturated carbocycles. The summed E-state index contributed by atoms with van der Waals surface area (Å²) >= 11 is 0. The molecule has 0 heterocycles. The van der Waals surface area contributed by atoms with Crippen molar-refractivity contribution < 1.29 is 9.18 Å². The van der Waals surface area contributed by atoms with E-state index in [1.165, 1.54) is 6.07 Å². The van der Waals surface area contributed by atoms with Crippen LogP contribution in [-0.2, 0) is 11.2 Å². The Balaban J connectivity index is 2.19. The summed E-state index contributed by atoms with van der Waals surface area (Å²) in [5.74, 6) is -0.263. The van der Waals surface area contributed by atoms with Crippen molar-refractivity contribution in [2.45, 2.75) is 19.8 Å². The number of benzene rings is 1. The molecule has 0 unspecified atom stereocenters. The molecule has 94 valence electrons. The van der Waals surface area contributed by atoms with E-state index < -0.39 is 0 Å². The molecule has 1 aromatic rings. The Morgan fingerprint density at radius 3 is 2.76 bits per heavy atom. The molecule has 0 fully saturated rings. The second-order valence-electron chi connectivity index (χ2n) is 3.87. The van der Waals surface area contributed by atoms with E-state index in [0.29, 0.717) is 25.1 Å². The van der Waals surface area contributed by atoms with Crippen LogP contribution in [0.2, 0.25) is 0 Å². The van der Waals surface area contributed by atoms with Crippen molar-refractivity contribution in [2.75, 3.05) is 19.6 Å². The van der Waals surface area contributed by atoms with Crippen LogP contribution in [0.4, 0.5) is 4.39 Å². The van der Waals surface area contributed by atoms with Crippen molar-refractivity contribution in [1.29, 1.82) is 0 Å². The van der Waals surface area contributed by atoms with E-state index in [0.717, 1.165) is 13.0 Å². The maximum absolute atomic E-state index is 13.2. The van der Waals surface area contributed by atoms with E-state index in [1.54, 1.807) is 18.2 Å². The first-order valence-corrected chi connectivity index (χ1v) is 5.95. The lowest BCUT2D eigenvalue weighted by atomic mass is 10.1. The predicted octanol–water partition coefficient (Wildman–Crippen LogP) is 1.48. The summed E-state index contributed by atoms with van der Waals surface area (Å²) < 4.78 is 13.2. The molecule has 0 aliphatic carbocycles. The van der Waals surface area contributed by atoms with Crippen molar-refractivity contribution in [3.63, 3.8) is 0 Å².